The molecular weight excluding hydrogens is 414 g/mol. The van der Waals surface area contributed by atoms with E-state index in [1.54, 1.807) is 36.4 Å². The van der Waals surface area contributed by atoms with Crippen molar-refractivity contribution in [3.05, 3.63) is 82.1 Å². The zero-order chi connectivity index (χ0) is 22.2. The van der Waals surface area contributed by atoms with Crippen LogP contribution >= 0.6 is 11.8 Å². The summed E-state index contributed by atoms with van der Waals surface area (Å²) in [6.07, 6.45) is 0. The van der Waals surface area contributed by atoms with Crippen molar-refractivity contribution in [2.75, 3.05) is 11.1 Å². The number of hydrazine groups is 1. The summed E-state index contributed by atoms with van der Waals surface area (Å²) in [6.45, 7) is 0. The van der Waals surface area contributed by atoms with Crippen LogP contribution in [0.5, 0.6) is 0 Å². The summed E-state index contributed by atoms with van der Waals surface area (Å²) in [5.41, 5.74) is 4.49. The van der Waals surface area contributed by atoms with Crippen molar-refractivity contribution < 1.29 is 4.79 Å². The van der Waals surface area contributed by atoms with E-state index in [2.05, 4.69) is 26.9 Å². The predicted octanol–water partition coefficient (Wildman–Crippen LogP) is 1.99. The van der Waals surface area contributed by atoms with Gasteiger partial charge in [-0.25, -0.2) is 5.84 Å². The molecule has 0 spiro atoms. The van der Waals surface area contributed by atoms with Gasteiger partial charge >= 0.3 is 0 Å². The Morgan fingerprint density at radius 2 is 1.87 bits per heavy atom. The number of nitriles is 1. The van der Waals surface area contributed by atoms with Gasteiger partial charge in [0, 0.05) is 22.9 Å². The van der Waals surface area contributed by atoms with Crippen molar-refractivity contribution in [1.82, 2.24) is 10.4 Å². The number of thioether (sulfide) groups is 1. The molecule has 3 aromatic rings. The molecule has 0 saturated heterocycles. The Morgan fingerprint density at radius 3 is 2.48 bits per heavy atom. The van der Waals surface area contributed by atoms with Crippen LogP contribution in [0.1, 0.15) is 15.9 Å². The lowest BCUT2D eigenvalue weighted by Crippen LogP contribution is -2.33. The Bertz CT molecular complexity index is 1200. The highest BCUT2D eigenvalue weighted by Crippen LogP contribution is 2.29. The minimum Gasteiger partial charge on any atom is -0.322 e. The maximum absolute atomic E-state index is 12.4. The Balaban J connectivity index is 1.87. The molecule has 3 rings (SSSR count). The molecule has 0 radical (unpaired) electrons. The highest BCUT2D eigenvalue weighted by molar-refractivity contribution is 8.00. The van der Waals surface area contributed by atoms with Crippen LogP contribution in [0.25, 0.3) is 11.1 Å². The summed E-state index contributed by atoms with van der Waals surface area (Å²) in [5.74, 6) is 10.8. The SMILES string of the molecule is N#Cc1c(-c2ccc(C(=O)Nc3ccccc3)cc2)cc(=O)[nH]c1SC/C(=N/N)NN. The number of pyridine rings is 1. The second kappa shape index (κ2) is 10.1. The first-order valence-electron chi connectivity index (χ1n) is 9.06. The number of nitrogens with one attached hydrogen (secondary N) is 3. The molecule has 0 atom stereocenters. The molecule has 31 heavy (non-hydrogen) atoms. The molecule has 0 aliphatic heterocycles. The topological polar surface area (TPSA) is 162 Å². The van der Waals surface area contributed by atoms with E-state index in [1.807, 2.05) is 18.2 Å². The van der Waals surface area contributed by atoms with E-state index in [4.69, 9.17) is 11.7 Å². The van der Waals surface area contributed by atoms with Crippen LogP contribution in [-0.4, -0.2) is 22.5 Å². The molecule has 0 aliphatic carbocycles. The Kier molecular flexibility index (Phi) is 7.05. The highest BCUT2D eigenvalue weighted by atomic mass is 32.2. The van der Waals surface area contributed by atoms with Gasteiger partial charge in [-0.15, -0.1) is 0 Å². The largest absolute Gasteiger partial charge is 0.322 e. The summed E-state index contributed by atoms with van der Waals surface area (Å²) < 4.78 is 0. The number of carbonyl (C=O) groups is 1. The first-order chi connectivity index (χ1) is 15.0. The summed E-state index contributed by atoms with van der Waals surface area (Å²) in [7, 11) is 0. The smallest absolute Gasteiger partial charge is 0.255 e. The van der Waals surface area contributed by atoms with E-state index in [-0.39, 0.29) is 17.2 Å². The molecule has 0 fully saturated rings. The number of aromatic nitrogens is 1. The molecule has 1 heterocycles. The molecule has 1 aromatic heterocycles. The number of amidine groups is 1. The number of benzene rings is 2. The molecule has 7 N–H and O–H groups in total. The van der Waals surface area contributed by atoms with E-state index >= 15 is 0 Å². The maximum atomic E-state index is 12.4. The first kappa shape index (κ1) is 21.6. The van der Waals surface area contributed by atoms with Crippen molar-refractivity contribution in [2.24, 2.45) is 16.8 Å². The van der Waals surface area contributed by atoms with Crippen LogP contribution in [-0.2, 0) is 0 Å². The van der Waals surface area contributed by atoms with Gasteiger partial charge in [-0.3, -0.25) is 9.59 Å². The second-order valence-corrected chi connectivity index (χ2v) is 7.26. The second-order valence-electron chi connectivity index (χ2n) is 6.27. The third-order valence-corrected chi connectivity index (χ3v) is 5.30. The molecule has 0 unspecified atom stereocenters. The summed E-state index contributed by atoms with van der Waals surface area (Å²) >= 11 is 1.17. The number of amides is 1. The van der Waals surface area contributed by atoms with Crippen LogP contribution in [0.3, 0.4) is 0 Å². The van der Waals surface area contributed by atoms with E-state index in [0.717, 1.165) is 0 Å². The number of rotatable bonds is 6. The Morgan fingerprint density at radius 1 is 1.16 bits per heavy atom. The number of hydrogen-bond donors (Lipinski definition) is 5. The maximum Gasteiger partial charge on any atom is 0.255 e. The molecule has 9 nitrogen and oxygen atoms in total. The van der Waals surface area contributed by atoms with Gasteiger partial charge in [0.2, 0.25) is 5.56 Å². The van der Waals surface area contributed by atoms with Gasteiger partial charge in [-0.2, -0.15) is 10.4 Å². The predicted molar refractivity (Wildman–Crippen MR) is 121 cm³/mol. The number of para-hydroxylation sites is 1. The minimum atomic E-state index is -0.366. The number of anilines is 1. The minimum absolute atomic E-state index is 0.236. The lowest BCUT2D eigenvalue weighted by molar-refractivity contribution is 0.102. The van der Waals surface area contributed by atoms with Crippen molar-refractivity contribution in [3.8, 4) is 17.2 Å². The van der Waals surface area contributed by atoms with Crippen LogP contribution < -0.4 is 28.0 Å². The fraction of sp³-hybridized carbons (Fsp3) is 0.0476. The average Bonchev–Trinajstić information content (AvgIpc) is 2.80. The van der Waals surface area contributed by atoms with Gasteiger partial charge in [0.25, 0.3) is 5.91 Å². The molecule has 156 valence electrons. The third kappa shape index (κ3) is 5.30. The van der Waals surface area contributed by atoms with Crippen LogP contribution in [0.15, 0.2) is 75.6 Å². The molecule has 0 bridgehead atoms. The molecule has 0 aliphatic rings. The lowest BCUT2D eigenvalue weighted by atomic mass is 10.0. The number of H-pyrrole nitrogens is 1. The molecule has 1 amide bonds. The van der Waals surface area contributed by atoms with Crippen LogP contribution in [0.2, 0.25) is 0 Å². The number of hydrogen-bond acceptors (Lipinski definition) is 7. The standard InChI is InChI=1S/C21H19N7O2S/c22-11-17-16(10-19(29)26-21(17)31-12-18(27-23)28-24)13-6-8-14(9-7-13)20(30)25-15-4-2-1-3-5-15/h1-10H,12,23-24H2,(H,25,30)(H,26,29)(H,27,28). The zero-order valence-electron chi connectivity index (χ0n) is 16.3. The van der Waals surface area contributed by atoms with Gasteiger partial charge in [0.15, 0.2) is 0 Å². The fourth-order valence-corrected chi connectivity index (χ4v) is 3.68. The number of hydrazone groups is 1. The fourth-order valence-electron chi connectivity index (χ4n) is 2.77. The van der Waals surface area contributed by atoms with E-state index in [9.17, 15) is 14.9 Å². The average molecular weight is 433 g/mol. The van der Waals surface area contributed by atoms with Crippen molar-refractivity contribution in [3.63, 3.8) is 0 Å². The lowest BCUT2D eigenvalue weighted by Gasteiger charge is -2.10. The molecular formula is C21H19N7O2S. The number of aromatic amines is 1. The highest BCUT2D eigenvalue weighted by Gasteiger charge is 2.15. The van der Waals surface area contributed by atoms with Gasteiger partial charge in [-0.05, 0) is 29.8 Å². The summed E-state index contributed by atoms with van der Waals surface area (Å²) in [4.78, 5) is 27.3. The molecule has 0 saturated carbocycles. The van der Waals surface area contributed by atoms with Gasteiger partial charge < -0.3 is 21.6 Å². The Labute approximate surface area is 182 Å². The van der Waals surface area contributed by atoms with Crippen molar-refractivity contribution >= 4 is 29.2 Å². The number of carbonyl (C=O) groups excluding carboxylic acids is 1. The number of nitrogens with zero attached hydrogens (tertiary/aromatic N) is 2. The molecule has 2 aromatic carbocycles. The monoisotopic (exact) mass is 433 g/mol. The van der Waals surface area contributed by atoms with Gasteiger partial charge in [0.1, 0.15) is 11.9 Å². The van der Waals surface area contributed by atoms with E-state index in [0.29, 0.717) is 38.8 Å². The Hall–Kier alpha value is -4.07. The molecule has 10 heteroatoms. The quantitative estimate of drug-likeness (QED) is 0.130. The first-order valence-corrected chi connectivity index (χ1v) is 10.0. The third-order valence-electron chi connectivity index (χ3n) is 4.29. The van der Waals surface area contributed by atoms with E-state index < -0.39 is 0 Å². The summed E-state index contributed by atoms with van der Waals surface area (Å²) in [6, 6.07) is 19.2. The van der Waals surface area contributed by atoms with E-state index in [1.165, 1.54) is 17.8 Å². The van der Waals surface area contributed by atoms with Crippen LogP contribution in [0.4, 0.5) is 5.69 Å². The number of nitrogens with two attached hydrogens (primary N) is 2. The normalized spacial score (nSPS) is 10.9. The van der Waals surface area contributed by atoms with Gasteiger partial charge in [0.05, 0.1) is 16.3 Å². The van der Waals surface area contributed by atoms with Crippen molar-refractivity contribution in [2.45, 2.75) is 5.03 Å². The van der Waals surface area contributed by atoms with Crippen molar-refractivity contribution in [1.29, 1.82) is 5.26 Å². The zero-order valence-corrected chi connectivity index (χ0v) is 17.1. The summed E-state index contributed by atoms with van der Waals surface area (Å²) in [5, 5.41) is 16.4. The van der Waals surface area contributed by atoms with Gasteiger partial charge in [-0.1, -0.05) is 42.1 Å². The van der Waals surface area contributed by atoms with Crippen LogP contribution in [0, 0.1) is 11.3 Å².